The van der Waals surface area contributed by atoms with Crippen molar-refractivity contribution in [3.8, 4) is 0 Å². The van der Waals surface area contributed by atoms with Gasteiger partial charge in [0.15, 0.2) is 11.6 Å². The summed E-state index contributed by atoms with van der Waals surface area (Å²) in [6, 6.07) is 4.08. The van der Waals surface area contributed by atoms with Crippen molar-refractivity contribution in [1.29, 1.82) is 0 Å². The van der Waals surface area contributed by atoms with Gasteiger partial charge in [-0.2, -0.15) is 0 Å². The molecule has 1 aliphatic rings. The van der Waals surface area contributed by atoms with E-state index in [0.29, 0.717) is 37.9 Å². The highest BCUT2D eigenvalue weighted by molar-refractivity contribution is 5.78. The van der Waals surface area contributed by atoms with E-state index in [9.17, 15) is 13.6 Å². The van der Waals surface area contributed by atoms with Crippen molar-refractivity contribution < 1.29 is 18.7 Å². The second kappa shape index (κ2) is 5.02. The average Bonchev–Trinajstić information content (AvgIpc) is 3.11. The van der Waals surface area contributed by atoms with Gasteiger partial charge in [-0.15, -0.1) is 0 Å². The van der Waals surface area contributed by atoms with Crippen molar-refractivity contribution in [2.45, 2.75) is 19.3 Å². The van der Waals surface area contributed by atoms with E-state index in [1.165, 1.54) is 12.1 Å². The van der Waals surface area contributed by atoms with Crippen LogP contribution in [0.4, 0.5) is 8.78 Å². The Morgan fingerprint density at radius 1 is 1.39 bits per heavy atom. The van der Waals surface area contributed by atoms with Gasteiger partial charge in [0, 0.05) is 6.54 Å². The van der Waals surface area contributed by atoms with E-state index in [-0.39, 0.29) is 0 Å². The molecule has 0 unspecified atom stereocenters. The van der Waals surface area contributed by atoms with Gasteiger partial charge in [0.05, 0.1) is 5.41 Å². The molecule has 0 spiro atoms. The summed E-state index contributed by atoms with van der Waals surface area (Å²) in [7, 11) is 0. The molecule has 0 radical (unpaired) electrons. The smallest absolute Gasteiger partial charge is 0.310 e. The first kappa shape index (κ1) is 13.0. The van der Waals surface area contributed by atoms with Crippen LogP contribution in [0.25, 0.3) is 0 Å². The normalized spacial score (nSPS) is 16.6. The predicted octanol–water partition coefficient (Wildman–Crippen LogP) is 1.96. The number of nitrogens with one attached hydrogen (secondary N) is 1. The Morgan fingerprint density at radius 2 is 2.11 bits per heavy atom. The van der Waals surface area contributed by atoms with Gasteiger partial charge in [-0.25, -0.2) is 8.78 Å². The number of carboxylic acid groups (broad SMARTS) is 1. The quantitative estimate of drug-likeness (QED) is 0.764. The second-order valence-corrected chi connectivity index (χ2v) is 4.73. The van der Waals surface area contributed by atoms with Crippen molar-refractivity contribution in [2.75, 3.05) is 13.1 Å². The van der Waals surface area contributed by atoms with Gasteiger partial charge < -0.3 is 10.4 Å². The van der Waals surface area contributed by atoms with E-state index in [1.54, 1.807) is 0 Å². The highest BCUT2D eigenvalue weighted by Gasteiger charge is 2.49. The summed E-state index contributed by atoms with van der Waals surface area (Å²) >= 11 is 0. The number of aliphatic carboxylic acids is 1. The van der Waals surface area contributed by atoms with Crippen LogP contribution in [0, 0.1) is 17.0 Å². The van der Waals surface area contributed by atoms with E-state index in [0.717, 1.165) is 6.07 Å². The molecule has 1 fully saturated rings. The Labute approximate surface area is 104 Å². The minimum Gasteiger partial charge on any atom is -0.481 e. The third-order valence-electron chi connectivity index (χ3n) is 3.37. The molecule has 0 heterocycles. The molecule has 0 bridgehead atoms. The first-order valence-corrected chi connectivity index (χ1v) is 5.92. The Kier molecular flexibility index (Phi) is 3.61. The second-order valence-electron chi connectivity index (χ2n) is 4.73. The summed E-state index contributed by atoms with van der Waals surface area (Å²) in [5, 5.41) is 11.9. The summed E-state index contributed by atoms with van der Waals surface area (Å²) in [5.74, 6) is -2.46. The van der Waals surface area contributed by atoms with Gasteiger partial charge in [-0.05, 0) is 37.4 Å². The Bertz CT molecular complexity index is 458. The molecular weight excluding hydrogens is 240 g/mol. The topological polar surface area (TPSA) is 49.3 Å². The molecule has 1 aromatic rings. The number of benzene rings is 1. The van der Waals surface area contributed by atoms with Crippen LogP contribution in [0.1, 0.15) is 18.4 Å². The fourth-order valence-corrected chi connectivity index (χ4v) is 1.91. The molecule has 0 amide bonds. The van der Waals surface area contributed by atoms with Crippen molar-refractivity contribution in [3.63, 3.8) is 0 Å². The number of carboxylic acids is 1. The van der Waals surface area contributed by atoms with Crippen LogP contribution in [-0.4, -0.2) is 24.2 Å². The average molecular weight is 255 g/mol. The zero-order valence-corrected chi connectivity index (χ0v) is 9.88. The SMILES string of the molecule is O=C(O)C1(CNCCc2cccc(F)c2F)CC1. The molecule has 2 rings (SSSR count). The van der Waals surface area contributed by atoms with Crippen molar-refractivity contribution in [3.05, 3.63) is 35.4 Å². The van der Waals surface area contributed by atoms with E-state index >= 15 is 0 Å². The Balaban J connectivity index is 1.79. The standard InChI is InChI=1S/C13H15F2NO2/c14-10-3-1-2-9(11(10)15)4-7-16-8-13(5-6-13)12(17)18/h1-3,16H,4-8H2,(H,17,18). The number of halogens is 2. The van der Waals surface area contributed by atoms with Crippen LogP contribution in [0.2, 0.25) is 0 Å². The van der Waals surface area contributed by atoms with Gasteiger partial charge in [0.2, 0.25) is 0 Å². The van der Waals surface area contributed by atoms with E-state index in [4.69, 9.17) is 5.11 Å². The van der Waals surface area contributed by atoms with Crippen LogP contribution in [0.5, 0.6) is 0 Å². The predicted molar refractivity (Wildman–Crippen MR) is 62.2 cm³/mol. The summed E-state index contributed by atoms with van der Waals surface area (Å²) in [6.45, 7) is 0.828. The van der Waals surface area contributed by atoms with Gasteiger partial charge in [-0.1, -0.05) is 12.1 Å². The minimum absolute atomic E-state index is 0.308. The largest absolute Gasteiger partial charge is 0.481 e. The number of carbonyl (C=O) groups is 1. The lowest BCUT2D eigenvalue weighted by Crippen LogP contribution is -2.31. The molecule has 1 aliphatic carbocycles. The number of rotatable bonds is 6. The maximum Gasteiger partial charge on any atom is 0.310 e. The van der Waals surface area contributed by atoms with Crippen LogP contribution >= 0.6 is 0 Å². The lowest BCUT2D eigenvalue weighted by molar-refractivity contribution is -0.143. The number of hydrogen-bond acceptors (Lipinski definition) is 2. The van der Waals surface area contributed by atoms with E-state index in [1.807, 2.05) is 0 Å². The molecule has 0 atom stereocenters. The minimum atomic E-state index is -0.850. The molecule has 3 nitrogen and oxygen atoms in total. The van der Waals surface area contributed by atoms with Crippen molar-refractivity contribution in [1.82, 2.24) is 5.32 Å². The van der Waals surface area contributed by atoms with Crippen molar-refractivity contribution >= 4 is 5.97 Å². The van der Waals surface area contributed by atoms with Gasteiger partial charge in [-0.3, -0.25) is 4.79 Å². The van der Waals surface area contributed by atoms with Crippen LogP contribution in [0.15, 0.2) is 18.2 Å². The molecule has 1 saturated carbocycles. The lowest BCUT2D eigenvalue weighted by atomic mass is 10.1. The Hall–Kier alpha value is -1.49. The van der Waals surface area contributed by atoms with Gasteiger partial charge in [0.25, 0.3) is 0 Å². The van der Waals surface area contributed by atoms with Crippen LogP contribution < -0.4 is 5.32 Å². The first-order chi connectivity index (χ1) is 8.55. The molecular formula is C13H15F2NO2. The fraction of sp³-hybridized carbons (Fsp3) is 0.462. The maximum atomic E-state index is 13.3. The molecule has 98 valence electrons. The summed E-state index contributed by atoms with van der Waals surface area (Å²) in [4.78, 5) is 10.9. The molecule has 0 aliphatic heterocycles. The fourth-order valence-electron chi connectivity index (χ4n) is 1.91. The van der Waals surface area contributed by atoms with E-state index in [2.05, 4.69) is 5.32 Å². The maximum absolute atomic E-state index is 13.3. The van der Waals surface area contributed by atoms with E-state index < -0.39 is 23.0 Å². The molecule has 1 aromatic carbocycles. The highest BCUT2D eigenvalue weighted by atomic mass is 19.2. The summed E-state index contributed by atoms with van der Waals surface area (Å²) < 4.78 is 26.2. The number of hydrogen-bond donors (Lipinski definition) is 2. The first-order valence-electron chi connectivity index (χ1n) is 5.92. The summed E-state index contributed by atoms with van der Waals surface area (Å²) in [5.41, 5.74) is -0.316. The molecule has 18 heavy (non-hydrogen) atoms. The molecule has 2 N–H and O–H groups in total. The Morgan fingerprint density at radius 3 is 2.72 bits per heavy atom. The van der Waals surface area contributed by atoms with Crippen molar-refractivity contribution in [2.24, 2.45) is 5.41 Å². The van der Waals surface area contributed by atoms with Crippen LogP contribution in [-0.2, 0) is 11.2 Å². The third kappa shape index (κ3) is 2.67. The third-order valence-corrected chi connectivity index (χ3v) is 3.37. The van der Waals surface area contributed by atoms with Gasteiger partial charge >= 0.3 is 5.97 Å². The monoisotopic (exact) mass is 255 g/mol. The van der Waals surface area contributed by atoms with Crippen LogP contribution in [0.3, 0.4) is 0 Å². The summed E-state index contributed by atoms with van der Waals surface area (Å²) in [6.07, 6.45) is 1.71. The highest BCUT2D eigenvalue weighted by Crippen LogP contribution is 2.45. The zero-order chi connectivity index (χ0) is 13.2. The van der Waals surface area contributed by atoms with Gasteiger partial charge in [0.1, 0.15) is 0 Å². The lowest BCUT2D eigenvalue weighted by Gasteiger charge is -2.11. The molecule has 0 saturated heterocycles. The molecule has 5 heteroatoms. The zero-order valence-electron chi connectivity index (χ0n) is 9.88. The molecule has 0 aromatic heterocycles.